The van der Waals surface area contributed by atoms with E-state index in [1.54, 1.807) is 4.90 Å². The van der Waals surface area contributed by atoms with Crippen molar-refractivity contribution in [3.05, 3.63) is 52.3 Å². The van der Waals surface area contributed by atoms with Crippen molar-refractivity contribution in [3.63, 3.8) is 0 Å². The molecule has 25 heavy (non-hydrogen) atoms. The van der Waals surface area contributed by atoms with Gasteiger partial charge < -0.3 is 15.0 Å². The van der Waals surface area contributed by atoms with Crippen molar-refractivity contribution < 1.29 is 17.9 Å². The molecular formula is C16H16Cl2F3N3O. The van der Waals surface area contributed by atoms with Crippen LogP contribution in [-0.4, -0.2) is 31.2 Å². The molecule has 0 atom stereocenters. The molecule has 4 nitrogen and oxygen atoms in total. The minimum atomic E-state index is -0.930. The highest BCUT2D eigenvalue weighted by Gasteiger charge is 2.20. The van der Waals surface area contributed by atoms with E-state index in [0.29, 0.717) is 26.2 Å². The lowest BCUT2D eigenvalue weighted by Crippen LogP contribution is -2.44. The average molecular weight is 394 g/mol. The highest BCUT2D eigenvalue weighted by atomic mass is 35.5. The molecule has 1 fully saturated rings. The molecular weight excluding hydrogens is 378 g/mol. The van der Waals surface area contributed by atoms with Crippen LogP contribution >= 0.6 is 24.0 Å². The van der Waals surface area contributed by atoms with Gasteiger partial charge in [-0.25, -0.2) is 13.2 Å². The van der Waals surface area contributed by atoms with Gasteiger partial charge in [0, 0.05) is 42.8 Å². The maximum absolute atomic E-state index is 14.0. The summed E-state index contributed by atoms with van der Waals surface area (Å²) >= 11 is 5.68. The molecule has 1 aliphatic heterocycles. The van der Waals surface area contributed by atoms with Crippen LogP contribution in [-0.2, 0) is 6.61 Å². The SMILES string of the molecule is Cl.Fc1cc(Cl)ccc1COc1nc(N2CCNCC2)c(F)cc1F. The minimum Gasteiger partial charge on any atom is -0.471 e. The molecule has 0 unspecified atom stereocenters. The van der Waals surface area contributed by atoms with Gasteiger partial charge >= 0.3 is 0 Å². The van der Waals surface area contributed by atoms with E-state index in [4.69, 9.17) is 16.3 Å². The Labute approximate surface area is 154 Å². The summed E-state index contributed by atoms with van der Waals surface area (Å²) in [6.07, 6.45) is 0. The van der Waals surface area contributed by atoms with E-state index in [1.165, 1.54) is 12.1 Å². The summed E-state index contributed by atoms with van der Waals surface area (Å²) in [7, 11) is 0. The molecule has 0 saturated carbocycles. The molecule has 1 aromatic carbocycles. The van der Waals surface area contributed by atoms with Crippen LogP contribution in [0.3, 0.4) is 0 Å². The molecule has 0 spiro atoms. The van der Waals surface area contributed by atoms with Crippen molar-refractivity contribution in [2.24, 2.45) is 0 Å². The molecule has 0 aliphatic carbocycles. The number of pyridine rings is 1. The predicted molar refractivity (Wildman–Crippen MR) is 92.2 cm³/mol. The highest BCUT2D eigenvalue weighted by Crippen LogP contribution is 2.25. The fraction of sp³-hybridized carbons (Fsp3) is 0.312. The second-order valence-corrected chi connectivity index (χ2v) is 5.78. The van der Waals surface area contributed by atoms with Gasteiger partial charge in [0.1, 0.15) is 12.4 Å². The lowest BCUT2D eigenvalue weighted by atomic mass is 10.2. The standard InChI is InChI=1S/C16H15ClF3N3O.ClH/c17-11-2-1-10(12(18)7-11)9-24-16-14(20)8-13(19)15(22-16)23-5-3-21-4-6-23;/h1-2,7-8,21H,3-6,9H2;1H. The second-order valence-electron chi connectivity index (χ2n) is 5.34. The van der Waals surface area contributed by atoms with Crippen LogP contribution in [0, 0.1) is 17.5 Å². The van der Waals surface area contributed by atoms with Gasteiger partial charge in [-0.15, -0.1) is 12.4 Å². The first-order valence-corrected chi connectivity index (χ1v) is 7.81. The lowest BCUT2D eigenvalue weighted by Gasteiger charge is -2.28. The van der Waals surface area contributed by atoms with Gasteiger partial charge in [-0.1, -0.05) is 17.7 Å². The number of nitrogens with zero attached hydrogens (tertiary/aromatic N) is 2. The van der Waals surface area contributed by atoms with Gasteiger partial charge in [0.15, 0.2) is 17.5 Å². The zero-order valence-corrected chi connectivity index (χ0v) is 14.6. The second kappa shape index (κ2) is 8.60. The number of piperazine rings is 1. The number of hydrogen-bond donors (Lipinski definition) is 1. The first kappa shape index (κ1) is 19.6. The van der Waals surface area contributed by atoms with Crippen LogP contribution < -0.4 is 15.0 Å². The van der Waals surface area contributed by atoms with Crippen LogP contribution in [0.15, 0.2) is 24.3 Å². The minimum absolute atomic E-state index is 0. The van der Waals surface area contributed by atoms with Gasteiger partial charge in [0.05, 0.1) is 0 Å². The van der Waals surface area contributed by atoms with Gasteiger partial charge in [-0.2, -0.15) is 4.98 Å². The summed E-state index contributed by atoms with van der Waals surface area (Å²) in [5.74, 6) is -2.57. The van der Waals surface area contributed by atoms with E-state index in [0.717, 1.165) is 12.1 Å². The van der Waals surface area contributed by atoms with Crippen LogP contribution in [0.2, 0.25) is 5.02 Å². The number of aromatic nitrogens is 1. The topological polar surface area (TPSA) is 37.4 Å². The Morgan fingerprint density at radius 1 is 1.08 bits per heavy atom. The third-order valence-corrected chi connectivity index (χ3v) is 3.91. The van der Waals surface area contributed by atoms with Crippen LogP contribution in [0.1, 0.15) is 5.56 Å². The number of benzene rings is 1. The van der Waals surface area contributed by atoms with E-state index < -0.39 is 17.5 Å². The Hall–Kier alpha value is -1.70. The molecule has 136 valence electrons. The van der Waals surface area contributed by atoms with Crippen LogP contribution in [0.4, 0.5) is 19.0 Å². The van der Waals surface area contributed by atoms with E-state index in [-0.39, 0.29) is 41.3 Å². The van der Waals surface area contributed by atoms with Crippen molar-refractivity contribution in [1.29, 1.82) is 0 Å². The van der Waals surface area contributed by atoms with Crippen molar-refractivity contribution in [2.45, 2.75) is 6.61 Å². The third kappa shape index (κ3) is 4.68. The number of halogens is 5. The Bertz CT molecular complexity index is 743. The fourth-order valence-corrected chi connectivity index (χ4v) is 2.58. The Kier molecular flexibility index (Phi) is 6.75. The number of nitrogens with one attached hydrogen (secondary N) is 1. The molecule has 1 aromatic heterocycles. The van der Waals surface area contributed by atoms with E-state index in [9.17, 15) is 13.2 Å². The fourth-order valence-electron chi connectivity index (χ4n) is 2.43. The molecule has 0 bridgehead atoms. The maximum atomic E-state index is 14.0. The first-order chi connectivity index (χ1) is 11.5. The molecule has 2 heterocycles. The first-order valence-electron chi connectivity index (χ1n) is 7.43. The Balaban J connectivity index is 0.00000225. The maximum Gasteiger partial charge on any atom is 0.252 e. The van der Waals surface area contributed by atoms with Crippen molar-refractivity contribution in [2.75, 3.05) is 31.1 Å². The molecule has 9 heteroatoms. The van der Waals surface area contributed by atoms with Crippen molar-refractivity contribution in [3.8, 4) is 5.88 Å². The molecule has 0 amide bonds. The molecule has 1 N–H and O–H groups in total. The summed E-state index contributed by atoms with van der Waals surface area (Å²) in [5, 5.41) is 3.39. The summed E-state index contributed by atoms with van der Waals surface area (Å²) in [6, 6.07) is 4.82. The van der Waals surface area contributed by atoms with Crippen molar-refractivity contribution >= 4 is 29.8 Å². The molecule has 0 radical (unpaired) electrons. The van der Waals surface area contributed by atoms with E-state index in [2.05, 4.69) is 10.3 Å². The number of rotatable bonds is 4. The van der Waals surface area contributed by atoms with Crippen molar-refractivity contribution in [1.82, 2.24) is 10.3 Å². The number of hydrogen-bond acceptors (Lipinski definition) is 4. The van der Waals surface area contributed by atoms with Gasteiger partial charge in [0.25, 0.3) is 5.88 Å². The smallest absolute Gasteiger partial charge is 0.252 e. The zero-order valence-electron chi connectivity index (χ0n) is 13.1. The molecule has 2 aromatic rings. The average Bonchev–Trinajstić information content (AvgIpc) is 2.56. The molecule has 1 aliphatic rings. The zero-order chi connectivity index (χ0) is 17.1. The van der Waals surface area contributed by atoms with Crippen LogP contribution in [0.25, 0.3) is 0 Å². The van der Waals surface area contributed by atoms with Crippen LogP contribution in [0.5, 0.6) is 5.88 Å². The summed E-state index contributed by atoms with van der Waals surface area (Å²) in [6.45, 7) is 2.25. The quantitative estimate of drug-likeness (QED) is 0.861. The summed E-state index contributed by atoms with van der Waals surface area (Å²) in [5.41, 5.74) is 0.202. The summed E-state index contributed by atoms with van der Waals surface area (Å²) in [4.78, 5) is 5.64. The van der Waals surface area contributed by atoms with Gasteiger partial charge in [-0.05, 0) is 12.1 Å². The monoisotopic (exact) mass is 393 g/mol. The largest absolute Gasteiger partial charge is 0.471 e. The Morgan fingerprint density at radius 3 is 2.48 bits per heavy atom. The molecule has 1 saturated heterocycles. The predicted octanol–water partition coefficient (Wildman–Crippen LogP) is 3.56. The normalized spacial score (nSPS) is 14.2. The van der Waals surface area contributed by atoms with Gasteiger partial charge in [-0.3, -0.25) is 0 Å². The number of anilines is 1. The van der Waals surface area contributed by atoms with E-state index >= 15 is 0 Å². The highest BCUT2D eigenvalue weighted by molar-refractivity contribution is 6.30. The van der Waals surface area contributed by atoms with Gasteiger partial charge in [0.2, 0.25) is 0 Å². The summed E-state index contributed by atoms with van der Waals surface area (Å²) < 4.78 is 46.9. The van der Waals surface area contributed by atoms with E-state index in [1.807, 2.05) is 0 Å². The third-order valence-electron chi connectivity index (χ3n) is 3.67. The Morgan fingerprint density at radius 2 is 1.80 bits per heavy atom. The number of ether oxygens (including phenoxy) is 1. The lowest BCUT2D eigenvalue weighted by molar-refractivity contribution is 0.271. The molecule has 3 rings (SSSR count).